The molecule has 7 nitrogen and oxygen atoms in total. The van der Waals surface area contributed by atoms with Crippen LogP contribution in [0.5, 0.6) is 5.75 Å². The van der Waals surface area contributed by atoms with Gasteiger partial charge >= 0.3 is 0 Å². The van der Waals surface area contributed by atoms with Crippen LogP contribution >= 0.6 is 0 Å². The van der Waals surface area contributed by atoms with Crippen molar-refractivity contribution in [3.8, 4) is 5.75 Å². The zero-order valence-corrected chi connectivity index (χ0v) is 16.6. The minimum Gasteiger partial charge on any atom is -0.495 e. The van der Waals surface area contributed by atoms with Crippen molar-refractivity contribution in [2.75, 3.05) is 18.6 Å². The van der Waals surface area contributed by atoms with E-state index in [0.29, 0.717) is 12.3 Å². The SMILES string of the molecule is COc1ccc(C)cc1N1CC(C(=O)NC2CCCc3c2cnn3C)CC1=O. The van der Waals surface area contributed by atoms with Crippen molar-refractivity contribution in [1.29, 1.82) is 0 Å². The molecule has 1 saturated heterocycles. The fourth-order valence-corrected chi connectivity index (χ4v) is 4.27. The molecule has 0 radical (unpaired) electrons. The molecule has 7 heteroatoms. The lowest BCUT2D eigenvalue weighted by molar-refractivity contribution is -0.127. The van der Waals surface area contributed by atoms with Gasteiger partial charge in [-0.05, 0) is 43.9 Å². The number of nitrogens with one attached hydrogen (secondary N) is 1. The van der Waals surface area contributed by atoms with Crippen molar-refractivity contribution < 1.29 is 14.3 Å². The Morgan fingerprint density at radius 1 is 1.36 bits per heavy atom. The number of aromatic nitrogens is 2. The number of nitrogens with zero attached hydrogens (tertiary/aromatic N) is 3. The fourth-order valence-electron chi connectivity index (χ4n) is 4.27. The van der Waals surface area contributed by atoms with Gasteiger partial charge in [-0.3, -0.25) is 14.3 Å². The lowest BCUT2D eigenvalue weighted by Gasteiger charge is -2.25. The Labute approximate surface area is 164 Å². The molecule has 2 amide bonds. The van der Waals surface area contributed by atoms with E-state index < -0.39 is 0 Å². The first-order valence-electron chi connectivity index (χ1n) is 9.74. The normalized spacial score (nSPS) is 21.5. The van der Waals surface area contributed by atoms with Gasteiger partial charge in [-0.15, -0.1) is 0 Å². The van der Waals surface area contributed by atoms with Crippen molar-refractivity contribution in [1.82, 2.24) is 15.1 Å². The summed E-state index contributed by atoms with van der Waals surface area (Å²) in [6.45, 7) is 2.35. The number of amides is 2. The molecule has 1 aliphatic heterocycles. The van der Waals surface area contributed by atoms with Gasteiger partial charge in [-0.2, -0.15) is 5.10 Å². The average molecular weight is 382 g/mol. The topological polar surface area (TPSA) is 76.5 Å². The second-order valence-corrected chi connectivity index (χ2v) is 7.70. The minimum absolute atomic E-state index is 0.0254. The molecule has 148 valence electrons. The van der Waals surface area contributed by atoms with E-state index in [0.717, 1.165) is 36.1 Å². The monoisotopic (exact) mass is 382 g/mol. The molecule has 1 aromatic carbocycles. The van der Waals surface area contributed by atoms with Crippen molar-refractivity contribution >= 4 is 17.5 Å². The predicted octanol–water partition coefficient (Wildman–Crippen LogP) is 2.28. The van der Waals surface area contributed by atoms with Gasteiger partial charge in [0.05, 0.1) is 31.0 Å². The second-order valence-electron chi connectivity index (χ2n) is 7.70. The minimum atomic E-state index is -0.361. The molecule has 1 N–H and O–H groups in total. The summed E-state index contributed by atoms with van der Waals surface area (Å²) in [6, 6.07) is 5.71. The first kappa shape index (κ1) is 18.5. The van der Waals surface area contributed by atoms with Crippen LogP contribution in [0.15, 0.2) is 24.4 Å². The Hall–Kier alpha value is -2.83. The molecule has 2 atom stereocenters. The van der Waals surface area contributed by atoms with Crippen LogP contribution in [-0.4, -0.2) is 35.2 Å². The van der Waals surface area contributed by atoms with Gasteiger partial charge in [0.2, 0.25) is 11.8 Å². The molecule has 2 heterocycles. The molecule has 1 aromatic heterocycles. The van der Waals surface area contributed by atoms with Crippen LogP contribution in [-0.2, 0) is 23.1 Å². The Balaban J connectivity index is 1.49. The predicted molar refractivity (Wildman–Crippen MR) is 105 cm³/mol. The molecule has 2 aliphatic rings. The summed E-state index contributed by atoms with van der Waals surface area (Å²) in [5, 5.41) is 7.49. The Kier molecular flexibility index (Phi) is 4.83. The van der Waals surface area contributed by atoms with Gasteiger partial charge in [0.1, 0.15) is 5.75 Å². The maximum absolute atomic E-state index is 12.9. The molecule has 0 bridgehead atoms. The highest BCUT2D eigenvalue weighted by molar-refractivity contribution is 6.01. The number of carbonyl (C=O) groups is 2. The number of hydrogen-bond acceptors (Lipinski definition) is 4. The summed E-state index contributed by atoms with van der Waals surface area (Å²) < 4.78 is 7.30. The van der Waals surface area contributed by atoms with Gasteiger partial charge in [-0.25, -0.2) is 0 Å². The van der Waals surface area contributed by atoms with Crippen LogP contribution in [0.3, 0.4) is 0 Å². The van der Waals surface area contributed by atoms with Gasteiger partial charge in [0.25, 0.3) is 0 Å². The smallest absolute Gasteiger partial charge is 0.227 e. The number of benzene rings is 1. The van der Waals surface area contributed by atoms with Crippen molar-refractivity contribution in [2.45, 2.75) is 38.6 Å². The summed E-state index contributed by atoms with van der Waals surface area (Å²) in [5.74, 6) is 0.172. The van der Waals surface area contributed by atoms with Crippen LogP contribution in [0, 0.1) is 12.8 Å². The maximum Gasteiger partial charge on any atom is 0.227 e. The van der Waals surface area contributed by atoms with E-state index in [2.05, 4.69) is 10.4 Å². The first-order chi connectivity index (χ1) is 13.5. The number of ether oxygens (including phenoxy) is 1. The summed E-state index contributed by atoms with van der Waals surface area (Å²) in [6.07, 6.45) is 4.98. The van der Waals surface area contributed by atoms with Gasteiger partial charge in [-0.1, -0.05) is 6.07 Å². The molecule has 2 unspecified atom stereocenters. The number of methoxy groups -OCH3 is 1. The Morgan fingerprint density at radius 3 is 2.96 bits per heavy atom. The third-order valence-corrected chi connectivity index (χ3v) is 5.81. The molecular weight excluding hydrogens is 356 g/mol. The van der Waals surface area contributed by atoms with Crippen molar-refractivity contribution in [3.05, 3.63) is 41.2 Å². The van der Waals surface area contributed by atoms with E-state index in [-0.39, 0.29) is 30.2 Å². The van der Waals surface area contributed by atoms with Crippen LogP contribution in [0.2, 0.25) is 0 Å². The quantitative estimate of drug-likeness (QED) is 0.880. The summed E-state index contributed by atoms with van der Waals surface area (Å²) in [5.41, 5.74) is 4.06. The molecule has 1 aliphatic carbocycles. The van der Waals surface area contributed by atoms with E-state index in [1.807, 2.05) is 43.0 Å². The van der Waals surface area contributed by atoms with E-state index >= 15 is 0 Å². The highest BCUT2D eigenvalue weighted by Crippen LogP contribution is 2.35. The van der Waals surface area contributed by atoms with Crippen molar-refractivity contribution in [2.24, 2.45) is 13.0 Å². The highest BCUT2D eigenvalue weighted by Gasteiger charge is 2.37. The lowest BCUT2D eigenvalue weighted by atomic mass is 9.92. The summed E-state index contributed by atoms with van der Waals surface area (Å²) in [7, 11) is 3.53. The fraction of sp³-hybridized carbons (Fsp3) is 0.476. The standard InChI is InChI=1S/C21H26N4O3/c1-13-7-8-19(28-3)18(9-13)25-12-14(10-20(25)26)21(27)23-16-5-4-6-17-15(16)11-22-24(17)2/h7-9,11,14,16H,4-6,10,12H2,1-3H3,(H,23,27). The number of aryl methyl sites for hydroxylation is 2. The first-order valence-corrected chi connectivity index (χ1v) is 9.74. The zero-order valence-electron chi connectivity index (χ0n) is 16.6. The van der Waals surface area contributed by atoms with Gasteiger partial charge in [0.15, 0.2) is 0 Å². The number of hydrogen-bond donors (Lipinski definition) is 1. The Morgan fingerprint density at radius 2 is 2.18 bits per heavy atom. The molecule has 1 fully saturated rings. The largest absolute Gasteiger partial charge is 0.495 e. The lowest BCUT2D eigenvalue weighted by Crippen LogP contribution is -2.36. The summed E-state index contributed by atoms with van der Waals surface area (Å²) in [4.78, 5) is 27.2. The maximum atomic E-state index is 12.9. The number of fused-ring (bicyclic) bond motifs is 1. The van der Waals surface area contributed by atoms with E-state index in [1.165, 1.54) is 5.69 Å². The third kappa shape index (κ3) is 3.25. The average Bonchev–Trinajstić information content (AvgIpc) is 3.26. The van der Waals surface area contributed by atoms with Crippen LogP contribution in [0.4, 0.5) is 5.69 Å². The summed E-state index contributed by atoms with van der Waals surface area (Å²) >= 11 is 0. The van der Waals surface area contributed by atoms with E-state index in [4.69, 9.17) is 4.74 Å². The van der Waals surface area contributed by atoms with E-state index in [9.17, 15) is 9.59 Å². The third-order valence-electron chi connectivity index (χ3n) is 5.81. The molecule has 2 aromatic rings. The van der Waals surface area contributed by atoms with Crippen LogP contribution in [0.1, 0.15) is 42.1 Å². The number of rotatable bonds is 4. The highest BCUT2D eigenvalue weighted by atomic mass is 16.5. The molecular formula is C21H26N4O3. The molecule has 28 heavy (non-hydrogen) atoms. The number of anilines is 1. The van der Waals surface area contributed by atoms with Gasteiger partial charge < -0.3 is 15.0 Å². The second kappa shape index (κ2) is 7.30. The van der Waals surface area contributed by atoms with Crippen molar-refractivity contribution in [3.63, 3.8) is 0 Å². The molecule has 4 rings (SSSR count). The molecule has 0 saturated carbocycles. The zero-order chi connectivity index (χ0) is 19.8. The van der Waals surface area contributed by atoms with Gasteiger partial charge in [0, 0.05) is 31.3 Å². The molecule has 0 spiro atoms. The van der Waals surface area contributed by atoms with E-state index in [1.54, 1.807) is 12.0 Å². The van der Waals surface area contributed by atoms with Crippen LogP contribution in [0.25, 0.3) is 0 Å². The Bertz CT molecular complexity index is 920. The number of carbonyl (C=O) groups excluding carboxylic acids is 2. The van der Waals surface area contributed by atoms with Crippen LogP contribution < -0.4 is 15.0 Å².